The molecule has 0 aliphatic rings. The van der Waals surface area contributed by atoms with Crippen LogP contribution in [0.15, 0.2) is 24.5 Å². The van der Waals surface area contributed by atoms with Crippen LogP contribution in [0.5, 0.6) is 0 Å². The zero-order chi connectivity index (χ0) is 14.8. The lowest BCUT2D eigenvalue weighted by Gasteiger charge is -2.14. The van der Waals surface area contributed by atoms with E-state index in [9.17, 15) is 9.59 Å². The number of carbonyl (C=O) groups is 2. The van der Waals surface area contributed by atoms with Crippen molar-refractivity contribution >= 4 is 17.6 Å². The molecule has 0 spiro atoms. The smallest absolute Gasteiger partial charge is 0.321 e. The second kappa shape index (κ2) is 9.00. The molecular formula is C13H19N3O4. The molecular weight excluding hydrogens is 262 g/mol. The zero-order valence-corrected chi connectivity index (χ0v) is 11.3. The monoisotopic (exact) mass is 281 g/mol. The molecule has 1 aromatic heterocycles. The van der Waals surface area contributed by atoms with Crippen LogP contribution in [0, 0.1) is 0 Å². The predicted molar refractivity (Wildman–Crippen MR) is 73.4 cm³/mol. The summed E-state index contributed by atoms with van der Waals surface area (Å²) in [6.07, 6.45) is 3.63. The second-order valence-electron chi connectivity index (χ2n) is 4.19. The maximum absolute atomic E-state index is 11.7. The van der Waals surface area contributed by atoms with Crippen LogP contribution in [-0.2, 0) is 14.3 Å². The first-order valence-corrected chi connectivity index (χ1v) is 6.28. The molecule has 0 saturated carbocycles. The molecule has 0 fully saturated rings. The number of hydrogen-bond acceptors (Lipinski definition) is 5. The molecule has 1 amide bonds. The molecule has 7 heteroatoms. The van der Waals surface area contributed by atoms with Crippen LogP contribution in [-0.4, -0.2) is 48.3 Å². The molecule has 0 radical (unpaired) electrons. The van der Waals surface area contributed by atoms with E-state index in [4.69, 9.17) is 9.84 Å². The highest BCUT2D eigenvalue weighted by Gasteiger charge is 2.20. The van der Waals surface area contributed by atoms with Crippen LogP contribution in [0.25, 0.3) is 0 Å². The number of carboxylic acids is 1. The van der Waals surface area contributed by atoms with Gasteiger partial charge in [0.1, 0.15) is 6.04 Å². The Morgan fingerprint density at radius 2 is 2.30 bits per heavy atom. The molecule has 1 aromatic rings. The van der Waals surface area contributed by atoms with Gasteiger partial charge in [0.05, 0.1) is 18.3 Å². The van der Waals surface area contributed by atoms with Gasteiger partial charge in [-0.25, -0.2) is 0 Å². The normalized spacial score (nSPS) is 11.8. The maximum Gasteiger partial charge on any atom is 0.321 e. The number of anilines is 1. The molecule has 0 aromatic carbocycles. The van der Waals surface area contributed by atoms with E-state index in [0.717, 1.165) is 0 Å². The van der Waals surface area contributed by atoms with E-state index in [1.54, 1.807) is 25.4 Å². The number of carbonyl (C=O) groups excluding carboxylic acids is 1. The van der Waals surface area contributed by atoms with Crippen molar-refractivity contribution in [2.45, 2.75) is 18.9 Å². The van der Waals surface area contributed by atoms with E-state index in [-0.39, 0.29) is 12.3 Å². The van der Waals surface area contributed by atoms with Gasteiger partial charge in [-0.2, -0.15) is 0 Å². The quantitative estimate of drug-likeness (QED) is 0.570. The third-order valence-corrected chi connectivity index (χ3v) is 2.55. The lowest BCUT2D eigenvalue weighted by Crippen LogP contribution is -2.40. The minimum Gasteiger partial charge on any atom is -0.480 e. The summed E-state index contributed by atoms with van der Waals surface area (Å²) >= 11 is 0. The molecule has 1 heterocycles. The number of pyridine rings is 1. The van der Waals surface area contributed by atoms with Crippen LogP contribution >= 0.6 is 0 Å². The molecule has 110 valence electrons. The fourth-order valence-electron chi connectivity index (χ4n) is 1.57. The Balaban J connectivity index is 2.40. The van der Waals surface area contributed by atoms with Gasteiger partial charge in [-0.1, -0.05) is 0 Å². The summed E-state index contributed by atoms with van der Waals surface area (Å²) < 4.78 is 4.87. The number of nitrogens with zero attached hydrogens (tertiary/aromatic N) is 1. The summed E-state index contributed by atoms with van der Waals surface area (Å²) in [5, 5.41) is 14.5. The number of amides is 1. The topological polar surface area (TPSA) is 101 Å². The van der Waals surface area contributed by atoms with Crippen molar-refractivity contribution in [1.82, 2.24) is 10.3 Å². The second-order valence-corrected chi connectivity index (χ2v) is 4.19. The summed E-state index contributed by atoms with van der Waals surface area (Å²) in [6, 6.07) is 2.46. The number of aromatic nitrogens is 1. The minimum atomic E-state index is -1.05. The summed E-state index contributed by atoms with van der Waals surface area (Å²) in [7, 11) is 1.58. The highest BCUT2D eigenvalue weighted by atomic mass is 16.5. The first-order valence-electron chi connectivity index (χ1n) is 6.28. The number of aliphatic carboxylic acids is 1. The van der Waals surface area contributed by atoms with Gasteiger partial charge >= 0.3 is 5.97 Å². The van der Waals surface area contributed by atoms with Gasteiger partial charge in [-0.15, -0.1) is 0 Å². The molecule has 20 heavy (non-hydrogen) atoms. The lowest BCUT2D eigenvalue weighted by molar-refractivity contribution is -0.141. The van der Waals surface area contributed by atoms with Gasteiger partial charge in [-0.3, -0.25) is 14.6 Å². The summed E-state index contributed by atoms with van der Waals surface area (Å²) in [5.41, 5.74) is 0.543. The molecule has 1 atom stereocenters. The van der Waals surface area contributed by atoms with E-state index < -0.39 is 12.0 Å². The van der Waals surface area contributed by atoms with E-state index in [1.165, 1.54) is 6.20 Å². The van der Waals surface area contributed by atoms with Gasteiger partial charge in [0.15, 0.2) is 0 Å². The van der Waals surface area contributed by atoms with Gasteiger partial charge in [-0.05, 0) is 25.1 Å². The first kappa shape index (κ1) is 16.1. The SMILES string of the molecule is COCCCN[C@H](CC(=O)Nc1cccnc1)C(=O)O. The van der Waals surface area contributed by atoms with Crippen molar-refractivity contribution in [1.29, 1.82) is 0 Å². The third-order valence-electron chi connectivity index (χ3n) is 2.55. The number of ether oxygens (including phenoxy) is 1. The molecule has 0 aliphatic carbocycles. The van der Waals surface area contributed by atoms with Gasteiger partial charge in [0.25, 0.3) is 0 Å². The van der Waals surface area contributed by atoms with Crippen LogP contribution in [0.1, 0.15) is 12.8 Å². The van der Waals surface area contributed by atoms with Crippen LogP contribution in [0.2, 0.25) is 0 Å². The number of carboxylic acid groups (broad SMARTS) is 1. The molecule has 0 unspecified atom stereocenters. The van der Waals surface area contributed by atoms with E-state index in [0.29, 0.717) is 25.3 Å². The largest absolute Gasteiger partial charge is 0.480 e. The van der Waals surface area contributed by atoms with Gasteiger partial charge < -0.3 is 20.5 Å². The molecule has 0 aliphatic heterocycles. The molecule has 0 bridgehead atoms. The minimum absolute atomic E-state index is 0.142. The number of rotatable bonds is 9. The Hall–Kier alpha value is -1.99. The van der Waals surface area contributed by atoms with Gasteiger partial charge in [0.2, 0.25) is 5.91 Å². The van der Waals surface area contributed by atoms with Crippen molar-refractivity contribution < 1.29 is 19.4 Å². The zero-order valence-electron chi connectivity index (χ0n) is 11.3. The Labute approximate surface area is 117 Å². The molecule has 3 N–H and O–H groups in total. The Bertz CT molecular complexity index is 425. The predicted octanol–water partition coefficient (Wildman–Crippen LogP) is 0.489. The third kappa shape index (κ3) is 6.26. The fourth-order valence-corrected chi connectivity index (χ4v) is 1.57. The van der Waals surface area contributed by atoms with E-state index in [2.05, 4.69) is 15.6 Å². The average Bonchev–Trinajstić information content (AvgIpc) is 2.43. The average molecular weight is 281 g/mol. The molecule has 1 rings (SSSR count). The van der Waals surface area contributed by atoms with E-state index >= 15 is 0 Å². The van der Waals surface area contributed by atoms with Crippen LogP contribution in [0.3, 0.4) is 0 Å². The van der Waals surface area contributed by atoms with Crippen LogP contribution in [0.4, 0.5) is 5.69 Å². The van der Waals surface area contributed by atoms with Crippen molar-refractivity contribution in [2.75, 3.05) is 25.6 Å². The highest BCUT2D eigenvalue weighted by molar-refractivity contribution is 5.93. The summed E-state index contributed by atoms with van der Waals surface area (Å²) in [5.74, 6) is -1.42. The summed E-state index contributed by atoms with van der Waals surface area (Å²) in [4.78, 5) is 26.7. The first-order chi connectivity index (χ1) is 9.63. The van der Waals surface area contributed by atoms with Crippen molar-refractivity contribution in [3.05, 3.63) is 24.5 Å². The molecule has 7 nitrogen and oxygen atoms in total. The van der Waals surface area contributed by atoms with Crippen LogP contribution < -0.4 is 10.6 Å². The Morgan fingerprint density at radius 1 is 1.50 bits per heavy atom. The lowest BCUT2D eigenvalue weighted by atomic mass is 10.2. The maximum atomic E-state index is 11.7. The number of hydrogen-bond donors (Lipinski definition) is 3. The highest BCUT2D eigenvalue weighted by Crippen LogP contribution is 2.04. The summed E-state index contributed by atoms with van der Waals surface area (Å²) in [6.45, 7) is 1.02. The number of methoxy groups -OCH3 is 1. The van der Waals surface area contributed by atoms with Gasteiger partial charge in [0, 0.05) is 19.9 Å². The van der Waals surface area contributed by atoms with Crippen molar-refractivity contribution in [3.8, 4) is 0 Å². The van der Waals surface area contributed by atoms with E-state index in [1.807, 2.05) is 0 Å². The van der Waals surface area contributed by atoms with Crippen molar-refractivity contribution in [3.63, 3.8) is 0 Å². The Kier molecular flexibility index (Phi) is 7.23. The molecule has 0 saturated heterocycles. The Morgan fingerprint density at radius 3 is 2.90 bits per heavy atom. The van der Waals surface area contributed by atoms with Crippen molar-refractivity contribution in [2.24, 2.45) is 0 Å². The standard InChI is InChI=1S/C13H19N3O4/c1-20-7-3-6-15-11(13(18)19)8-12(17)16-10-4-2-5-14-9-10/h2,4-5,9,11,15H,3,6-8H2,1H3,(H,16,17)(H,18,19)/t11-/m1/s1. The fraction of sp³-hybridized carbons (Fsp3) is 0.462. The number of nitrogens with one attached hydrogen (secondary N) is 2.